The van der Waals surface area contributed by atoms with E-state index in [-0.39, 0.29) is 17.6 Å². The maximum absolute atomic E-state index is 11.0. The van der Waals surface area contributed by atoms with Crippen molar-refractivity contribution in [3.05, 3.63) is 24.9 Å². The number of hydrogen-bond acceptors (Lipinski definition) is 2. The normalized spacial score (nSPS) is 16.2. The van der Waals surface area contributed by atoms with Gasteiger partial charge in [0.2, 0.25) is 0 Å². The van der Waals surface area contributed by atoms with Crippen molar-refractivity contribution in [3.63, 3.8) is 0 Å². The van der Waals surface area contributed by atoms with Gasteiger partial charge in [-0.2, -0.15) is 0 Å². The van der Waals surface area contributed by atoms with E-state index in [4.69, 9.17) is 5.73 Å². The molecule has 0 heterocycles. The molecule has 0 rings (SSSR count). The van der Waals surface area contributed by atoms with Gasteiger partial charge in [-0.05, 0) is 19.0 Å². The Balaban J connectivity index is 4.32. The van der Waals surface area contributed by atoms with Gasteiger partial charge >= 0.3 is 0 Å². The lowest BCUT2D eigenvalue weighted by Gasteiger charge is -2.12. The van der Waals surface area contributed by atoms with Crippen molar-refractivity contribution >= 4 is 5.78 Å². The Bertz CT molecular complexity index is 172. The average Bonchev–Trinajstić information content (AvgIpc) is 1.98. The largest absolute Gasteiger partial charge is 0.405 e. The Hall–Kier alpha value is -1.05. The molecule has 11 heavy (non-hydrogen) atoms. The van der Waals surface area contributed by atoms with Crippen LogP contribution in [0.1, 0.15) is 13.8 Å². The Labute approximate surface area is 67.8 Å². The number of nitrogens with two attached hydrogens (primary N) is 1. The second kappa shape index (κ2) is 4.72. The molecule has 0 fully saturated rings. The van der Waals surface area contributed by atoms with Crippen molar-refractivity contribution in [1.29, 1.82) is 0 Å². The summed E-state index contributed by atoms with van der Waals surface area (Å²) in [5.74, 6) is 0.170. The molecule has 0 amide bonds. The van der Waals surface area contributed by atoms with Crippen LogP contribution in [0.4, 0.5) is 0 Å². The zero-order valence-corrected chi connectivity index (χ0v) is 7.08. The van der Waals surface area contributed by atoms with Crippen molar-refractivity contribution < 1.29 is 4.79 Å². The number of Topliss-reactive ketones (excluding diaryl/α,β-unsaturated/α-hetero) is 1. The lowest BCUT2D eigenvalue weighted by atomic mass is 9.91. The predicted molar refractivity (Wildman–Crippen MR) is 46.9 cm³/mol. The van der Waals surface area contributed by atoms with Crippen molar-refractivity contribution in [3.8, 4) is 0 Å². The Morgan fingerprint density at radius 3 is 2.45 bits per heavy atom. The van der Waals surface area contributed by atoms with Crippen LogP contribution in [-0.4, -0.2) is 5.78 Å². The Morgan fingerprint density at radius 1 is 1.64 bits per heavy atom. The second-order valence-corrected chi connectivity index (χ2v) is 2.62. The molecule has 2 unspecified atom stereocenters. The van der Waals surface area contributed by atoms with E-state index >= 15 is 0 Å². The van der Waals surface area contributed by atoms with Gasteiger partial charge in [-0.25, -0.2) is 0 Å². The third kappa shape index (κ3) is 3.03. The summed E-state index contributed by atoms with van der Waals surface area (Å²) in [7, 11) is 0. The highest BCUT2D eigenvalue weighted by molar-refractivity contribution is 5.80. The van der Waals surface area contributed by atoms with Crippen molar-refractivity contribution in [2.45, 2.75) is 13.8 Å². The number of carbonyl (C=O) groups is 1. The molecule has 0 aromatic heterocycles. The maximum Gasteiger partial charge on any atom is 0.137 e. The monoisotopic (exact) mass is 153 g/mol. The van der Waals surface area contributed by atoms with Crippen molar-refractivity contribution in [1.82, 2.24) is 0 Å². The minimum absolute atomic E-state index is 0.113. The van der Waals surface area contributed by atoms with Gasteiger partial charge in [0.05, 0.1) is 0 Å². The standard InChI is InChI=1S/C9H15NO/c1-4-7(2)9(5-6-10)8(3)11/h4-7,9H,1,10H2,2-3H3/b6-5-. The number of hydrogen-bond donors (Lipinski definition) is 1. The summed E-state index contributed by atoms with van der Waals surface area (Å²) in [5, 5.41) is 0. The van der Waals surface area contributed by atoms with Crippen LogP contribution in [0.2, 0.25) is 0 Å². The topological polar surface area (TPSA) is 43.1 Å². The van der Waals surface area contributed by atoms with Gasteiger partial charge in [-0.15, -0.1) is 6.58 Å². The molecule has 0 aromatic carbocycles. The highest BCUT2D eigenvalue weighted by Crippen LogP contribution is 2.14. The molecular formula is C9H15NO. The van der Waals surface area contributed by atoms with Gasteiger partial charge in [-0.3, -0.25) is 4.79 Å². The molecule has 0 spiro atoms. The van der Waals surface area contributed by atoms with Gasteiger partial charge in [0.25, 0.3) is 0 Å². The molecule has 2 heteroatoms. The van der Waals surface area contributed by atoms with Gasteiger partial charge in [0.1, 0.15) is 5.78 Å². The first-order chi connectivity index (χ1) is 5.13. The molecule has 0 bridgehead atoms. The first-order valence-electron chi connectivity index (χ1n) is 3.65. The lowest BCUT2D eigenvalue weighted by Crippen LogP contribution is -2.15. The second-order valence-electron chi connectivity index (χ2n) is 2.62. The van der Waals surface area contributed by atoms with Gasteiger partial charge < -0.3 is 5.73 Å². The molecular weight excluding hydrogens is 138 g/mol. The quantitative estimate of drug-likeness (QED) is 0.622. The van der Waals surface area contributed by atoms with Crippen LogP contribution >= 0.6 is 0 Å². The highest BCUT2D eigenvalue weighted by Gasteiger charge is 2.15. The molecule has 0 radical (unpaired) electrons. The number of carbonyl (C=O) groups excluding carboxylic acids is 1. The van der Waals surface area contributed by atoms with Crippen LogP contribution in [0.3, 0.4) is 0 Å². The van der Waals surface area contributed by atoms with Gasteiger partial charge in [-0.1, -0.05) is 19.1 Å². The molecule has 0 aliphatic heterocycles. The van der Waals surface area contributed by atoms with Crippen LogP contribution in [0.5, 0.6) is 0 Å². The van der Waals surface area contributed by atoms with E-state index in [1.807, 2.05) is 6.92 Å². The molecule has 2 nitrogen and oxygen atoms in total. The van der Waals surface area contributed by atoms with E-state index in [1.165, 1.54) is 6.20 Å². The van der Waals surface area contributed by atoms with Gasteiger partial charge in [0, 0.05) is 5.92 Å². The minimum atomic E-state index is -0.113. The predicted octanol–water partition coefficient (Wildman–Crippen LogP) is 1.49. The fourth-order valence-electron chi connectivity index (χ4n) is 0.947. The molecule has 0 aromatic rings. The molecule has 2 atom stereocenters. The van der Waals surface area contributed by atoms with E-state index in [9.17, 15) is 4.79 Å². The molecule has 0 saturated carbocycles. The summed E-state index contributed by atoms with van der Waals surface area (Å²) in [6, 6.07) is 0. The highest BCUT2D eigenvalue weighted by atomic mass is 16.1. The summed E-state index contributed by atoms with van der Waals surface area (Å²) in [4.78, 5) is 11.0. The van der Waals surface area contributed by atoms with E-state index < -0.39 is 0 Å². The summed E-state index contributed by atoms with van der Waals surface area (Å²) in [6.07, 6.45) is 4.87. The summed E-state index contributed by atoms with van der Waals surface area (Å²) < 4.78 is 0. The maximum atomic E-state index is 11.0. The van der Waals surface area contributed by atoms with Crippen LogP contribution in [-0.2, 0) is 4.79 Å². The number of allylic oxidation sites excluding steroid dienone is 2. The molecule has 0 saturated heterocycles. The Morgan fingerprint density at radius 2 is 2.18 bits per heavy atom. The smallest absolute Gasteiger partial charge is 0.137 e. The Kier molecular flexibility index (Phi) is 4.27. The first kappa shape index (κ1) is 9.95. The molecule has 62 valence electrons. The number of ketones is 1. The average molecular weight is 153 g/mol. The fraction of sp³-hybridized carbons (Fsp3) is 0.444. The van der Waals surface area contributed by atoms with Crippen LogP contribution in [0, 0.1) is 11.8 Å². The fourth-order valence-corrected chi connectivity index (χ4v) is 0.947. The SMILES string of the molecule is C=CC(C)C(/C=C\N)C(C)=O. The van der Waals surface area contributed by atoms with E-state index in [2.05, 4.69) is 6.58 Å². The number of rotatable bonds is 4. The van der Waals surface area contributed by atoms with Crippen molar-refractivity contribution in [2.75, 3.05) is 0 Å². The van der Waals surface area contributed by atoms with Crippen LogP contribution in [0.15, 0.2) is 24.9 Å². The molecule has 0 aliphatic carbocycles. The summed E-state index contributed by atoms with van der Waals surface area (Å²) in [5.41, 5.74) is 5.19. The lowest BCUT2D eigenvalue weighted by molar-refractivity contribution is -0.120. The minimum Gasteiger partial charge on any atom is -0.405 e. The molecule has 2 N–H and O–H groups in total. The third-order valence-corrected chi connectivity index (χ3v) is 1.73. The van der Waals surface area contributed by atoms with Gasteiger partial charge in [0.15, 0.2) is 0 Å². The van der Waals surface area contributed by atoms with Crippen LogP contribution < -0.4 is 5.73 Å². The van der Waals surface area contributed by atoms with Crippen LogP contribution in [0.25, 0.3) is 0 Å². The zero-order valence-electron chi connectivity index (χ0n) is 7.08. The van der Waals surface area contributed by atoms with Crippen molar-refractivity contribution in [2.24, 2.45) is 17.6 Å². The molecule has 0 aliphatic rings. The third-order valence-electron chi connectivity index (χ3n) is 1.73. The zero-order chi connectivity index (χ0) is 8.85. The van der Waals surface area contributed by atoms with E-state index in [0.29, 0.717) is 0 Å². The first-order valence-corrected chi connectivity index (χ1v) is 3.65. The summed E-state index contributed by atoms with van der Waals surface area (Å²) >= 11 is 0. The summed E-state index contributed by atoms with van der Waals surface area (Å²) in [6.45, 7) is 7.12. The van der Waals surface area contributed by atoms with E-state index in [0.717, 1.165) is 0 Å². The van der Waals surface area contributed by atoms with E-state index in [1.54, 1.807) is 19.1 Å².